The fraction of sp³-hybridized carbons (Fsp3) is 0.455. The predicted molar refractivity (Wildman–Crippen MR) is 120 cm³/mol. The summed E-state index contributed by atoms with van der Waals surface area (Å²) in [4.78, 5) is 42.2. The summed E-state index contributed by atoms with van der Waals surface area (Å²) in [5.74, 6) is 0.338. The van der Waals surface area contributed by atoms with E-state index in [2.05, 4.69) is 0 Å². The Kier molecular flexibility index (Phi) is 6.24. The van der Waals surface area contributed by atoms with Crippen LogP contribution in [0.2, 0.25) is 0 Å². The lowest BCUT2D eigenvalue weighted by Gasteiger charge is -2.25. The molecule has 31 heavy (non-hydrogen) atoms. The third-order valence-corrected chi connectivity index (χ3v) is 5.50. The van der Waals surface area contributed by atoms with Crippen LogP contribution in [0.3, 0.4) is 0 Å². The number of imidazole rings is 1. The molecule has 0 amide bonds. The average Bonchev–Trinajstić information content (AvgIpc) is 3.10. The fourth-order valence-electron chi connectivity index (χ4n) is 3.75. The van der Waals surface area contributed by atoms with Gasteiger partial charge < -0.3 is 9.30 Å². The van der Waals surface area contributed by atoms with Crippen LogP contribution in [0.25, 0.3) is 11.2 Å². The molecule has 0 saturated heterocycles. The SMILES string of the molecule is [B]c1cccc(Cn2c(C(C)(C)CCC(=O)OCC)nc3c2c(=O)n(C)c(=O)n3C)c1. The van der Waals surface area contributed by atoms with E-state index in [4.69, 9.17) is 17.6 Å². The highest BCUT2D eigenvalue weighted by molar-refractivity contribution is 6.32. The van der Waals surface area contributed by atoms with Gasteiger partial charge in [0.1, 0.15) is 13.7 Å². The summed E-state index contributed by atoms with van der Waals surface area (Å²) in [5.41, 5.74) is 0.752. The molecule has 8 nitrogen and oxygen atoms in total. The van der Waals surface area contributed by atoms with E-state index < -0.39 is 16.7 Å². The normalized spacial score (nSPS) is 11.8. The molecule has 3 aromatic rings. The summed E-state index contributed by atoms with van der Waals surface area (Å²) in [7, 11) is 8.99. The second kappa shape index (κ2) is 8.57. The third kappa shape index (κ3) is 4.35. The van der Waals surface area contributed by atoms with Gasteiger partial charge in [0.25, 0.3) is 5.56 Å². The summed E-state index contributed by atoms with van der Waals surface area (Å²) in [6.07, 6.45) is 0.694. The molecule has 0 aliphatic rings. The molecular formula is C22H27BN4O4. The van der Waals surface area contributed by atoms with Crippen molar-refractivity contribution in [2.45, 2.75) is 45.6 Å². The first-order valence-electron chi connectivity index (χ1n) is 10.2. The number of ether oxygens (including phenoxy) is 1. The standard InChI is InChI=1S/C22H27BN4O4/c1-6-31-16(28)10-11-22(2,3)20-24-18-17(19(29)26(5)21(30)25(18)4)27(20)13-14-8-7-9-15(23)12-14/h7-9,12H,6,10-11,13H2,1-5H3. The van der Waals surface area contributed by atoms with Gasteiger partial charge in [-0.3, -0.25) is 18.7 Å². The van der Waals surface area contributed by atoms with E-state index in [1.165, 1.54) is 11.6 Å². The van der Waals surface area contributed by atoms with Crippen molar-refractivity contribution in [3.05, 3.63) is 56.5 Å². The minimum absolute atomic E-state index is 0.221. The lowest BCUT2D eigenvalue weighted by Crippen LogP contribution is -2.37. The van der Waals surface area contributed by atoms with E-state index >= 15 is 0 Å². The highest BCUT2D eigenvalue weighted by Gasteiger charge is 2.31. The molecule has 9 heteroatoms. The minimum atomic E-state index is -0.562. The second-order valence-corrected chi connectivity index (χ2v) is 8.33. The van der Waals surface area contributed by atoms with Gasteiger partial charge in [-0.1, -0.05) is 43.6 Å². The number of rotatable bonds is 7. The number of hydrogen-bond donors (Lipinski definition) is 0. The molecule has 0 bridgehead atoms. The molecule has 0 aliphatic heterocycles. The maximum atomic E-state index is 13.1. The molecule has 2 radical (unpaired) electrons. The van der Waals surface area contributed by atoms with Gasteiger partial charge in [0.05, 0.1) is 6.61 Å². The average molecular weight is 422 g/mol. The number of aryl methyl sites for hydroxylation is 1. The summed E-state index contributed by atoms with van der Waals surface area (Å²) >= 11 is 0. The van der Waals surface area contributed by atoms with Gasteiger partial charge in [-0.15, -0.1) is 0 Å². The Morgan fingerprint density at radius 2 is 1.90 bits per heavy atom. The molecule has 0 saturated carbocycles. The predicted octanol–water partition coefficient (Wildman–Crippen LogP) is 0.897. The largest absolute Gasteiger partial charge is 0.466 e. The number of aromatic nitrogens is 4. The zero-order chi connectivity index (χ0) is 22.9. The van der Waals surface area contributed by atoms with Gasteiger partial charge in [0.15, 0.2) is 11.2 Å². The molecule has 0 aliphatic carbocycles. The molecule has 0 atom stereocenters. The second-order valence-electron chi connectivity index (χ2n) is 8.33. The molecule has 0 N–H and O–H groups in total. The number of fused-ring (bicyclic) bond motifs is 1. The summed E-state index contributed by atoms with van der Waals surface area (Å²) < 4.78 is 9.34. The number of carbonyl (C=O) groups is 1. The van der Waals surface area contributed by atoms with Crippen molar-refractivity contribution in [3.63, 3.8) is 0 Å². The zero-order valence-corrected chi connectivity index (χ0v) is 18.6. The topological polar surface area (TPSA) is 88.1 Å². The summed E-state index contributed by atoms with van der Waals surface area (Å²) in [6, 6.07) is 7.41. The van der Waals surface area contributed by atoms with Crippen LogP contribution in [0.15, 0.2) is 33.9 Å². The molecule has 0 unspecified atom stereocenters. The Balaban J connectivity index is 2.21. The highest BCUT2D eigenvalue weighted by Crippen LogP contribution is 2.30. The lowest BCUT2D eigenvalue weighted by atomic mass is 9.86. The molecule has 0 spiro atoms. The Bertz CT molecular complexity index is 1250. The van der Waals surface area contributed by atoms with Crippen molar-refractivity contribution < 1.29 is 9.53 Å². The summed E-state index contributed by atoms with van der Waals surface area (Å²) in [6.45, 7) is 6.38. The Labute approximate surface area is 181 Å². The molecule has 2 heterocycles. The summed E-state index contributed by atoms with van der Waals surface area (Å²) in [5, 5.41) is 0. The molecule has 2 aromatic heterocycles. The van der Waals surface area contributed by atoms with Crippen molar-refractivity contribution in [1.82, 2.24) is 18.7 Å². The van der Waals surface area contributed by atoms with Crippen LogP contribution in [-0.4, -0.2) is 39.1 Å². The van der Waals surface area contributed by atoms with E-state index in [1.807, 2.05) is 36.6 Å². The van der Waals surface area contributed by atoms with Crippen LogP contribution in [0, 0.1) is 0 Å². The minimum Gasteiger partial charge on any atom is -0.466 e. The first-order chi connectivity index (χ1) is 14.6. The highest BCUT2D eigenvalue weighted by atomic mass is 16.5. The smallest absolute Gasteiger partial charge is 0.332 e. The van der Waals surface area contributed by atoms with Crippen LogP contribution >= 0.6 is 0 Å². The Hall–Kier alpha value is -3.10. The molecular weight excluding hydrogens is 395 g/mol. The van der Waals surface area contributed by atoms with E-state index in [1.54, 1.807) is 20.0 Å². The van der Waals surface area contributed by atoms with Gasteiger partial charge >= 0.3 is 11.7 Å². The Morgan fingerprint density at radius 1 is 1.19 bits per heavy atom. The molecule has 0 fully saturated rings. The number of carbonyl (C=O) groups excluding carboxylic acids is 1. The lowest BCUT2D eigenvalue weighted by molar-refractivity contribution is -0.143. The van der Waals surface area contributed by atoms with E-state index in [-0.39, 0.29) is 12.4 Å². The quantitative estimate of drug-likeness (QED) is 0.417. The van der Waals surface area contributed by atoms with Crippen LogP contribution in [0.1, 0.15) is 45.0 Å². The first kappa shape index (κ1) is 22.6. The van der Waals surface area contributed by atoms with Gasteiger partial charge in [-0.05, 0) is 18.9 Å². The van der Waals surface area contributed by atoms with Gasteiger partial charge in [-0.25, -0.2) is 9.78 Å². The number of esters is 1. The van der Waals surface area contributed by atoms with Gasteiger partial charge in [0.2, 0.25) is 0 Å². The number of hydrogen-bond acceptors (Lipinski definition) is 5. The van der Waals surface area contributed by atoms with Gasteiger partial charge in [-0.2, -0.15) is 0 Å². The van der Waals surface area contributed by atoms with Crippen molar-refractivity contribution in [3.8, 4) is 0 Å². The molecule has 162 valence electrons. The molecule has 1 aromatic carbocycles. The maximum absolute atomic E-state index is 13.1. The Morgan fingerprint density at radius 3 is 2.55 bits per heavy atom. The monoisotopic (exact) mass is 422 g/mol. The van der Waals surface area contributed by atoms with Crippen molar-refractivity contribution in [2.24, 2.45) is 14.1 Å². The molecule has 3 rings (SSSR count). The zero-order valence-electron chi connectivity index (χ0n) is 18.6. The number of benzene rings is 1. The first-order valence-corrected chi connectivity index (χ1v) is 10.2. The van der Waals surface area contributed by atoms with Gasteiger partial charge in [0, 0.05) is 32.5 Å². The van der Waals surface area contributed by atoms with Crippen LogP contribution < -0.4 is 16.7 Å². The van der Waals surface area contributed by atoms with E-state index in [0.29, 0.717) is 42.0 Å². The maximum Gasteiger partial charge on any atom is 0.332 e. The fourth-order valence-corrected chi connectivity index (χ4v) is 3.75. The van der Waals surface area contributed by atoms with Crippen LogP contribution in [0.4, 0.5) is 0 Å². The van der Waals surface area contributed by atoms with Crippen LogP contribution in [-0.2, 0) is 35.6 Å². The third-order valence-electron chi connectivity index (χ3n) is 5.50. The van der Waals surface area contributed by atoms with Crippen LogP contribution in [0.5, 0.6) is 0 Å². The van der Waals surface area contributed by atoms with Crippen molar-refractivity contribution in [2.75, 3.05) is 6.61 Å². The number of nitrogens with zero attached hydrogens (tertiary/aromatic N) is 4. The van der Waals surface area contributed by atoms with E-state index in [9.17, 15) is 14.4 Å². The van der Waals surface area contributed by atoms with E-state index in [0.717, 1.165) is 10.1 Å². The van der Waals surface area contributed by atoms with Crippen molar-refractivity contribution >= 4 is 30.4 Å². The van der Waals surface area contributed by atoms with Crippen molar-refractivity contribution in [1.29, 1.82) is 0 Å².